The molecule has 1 aromatic rings. The summed E-state index contributed by atoms with van der Waals surface area (Å²) in [6.45, 7) is 4.77. The van der Waals surface area contributed by atoms with E-state index < -0.39 is 0 Å². The van der Waals surface area contributed by atoms with Crippen molar-refractivity contribution in [1.82, 2.24) is 4.57 Å². The fraction of sp³-hybridized carbons (Fsp3) is 0.765. The second-order valence-electron chi connectivity index (χ2n) is 6.30. The van der Waals surface area contributed by atoms with Crippen LogP contribution < -0.4 is 5.32 Å². The van der Waals surface area contributed by atoms with Crippen molar-refractivity contribution in [3.8, 4) is 0 Å². The Bertz CT molecular complexity index is 431. The van der Waals surface area contributed by atoms with E-state index in [9.17, 15) is 0 Å². The van der Waals surface area contributed by atoms with Crippen molar-refractivity contribution in [3.63, 3.8) is 0 Å². The average molecular weight is 260 g/mol. The summed E-state index contributed by atoms with van der Waals surface area (Å²) in [7, 11) is 0. The zero-order chi connectivity index (χ0) is 13.1. The van der Waals surface area contributed by atoms with Gasteiger partial charge in [0.15, 0.2) is 0 Å². The first-order chi connectivity index (χ1) is 9.38. The van der Waals surface area contributed by atoms with Crippen molar-refractivity contribution < 1.29 is 0 Å². The lowest BCUT2D eigenvalue weighted by Gasteiger charge is -2.16. The van der Waals surface area contributed by atoms with Crippen LogP contribution in [0.2, 0.25) is 0 Å². The highest BCUT2D eigenvalue weighted by Gasteiger charge is 2.20. The van der Waals surface area contributed by atoms with E-state index in [-0.39, 0.29) is 0 Å². The molecule has 0 amide bonds. The van der Waals surface area contributed by atoms with Gasteiger partial charge in [-0.05, 0) is 51.0 Å². The van der Waals surface area contributed by atoms with Crippen molar-refractivity contribution in [3.05, 3.63) is 17.0 Å². The van der Waals surface area contributed by atoms with E-state index in [1.165, 1.54) is 76.4 Å². The molecule has 0 saturated carbocycles. The smallest absolute Gasteiger partial charge is 0.0585 e. The second kappa shape index (κ2) is 6.02. The Morgan fingerprint density at radius 2 is 1.47 bits per heavy atom. The van der Waals surface area contributed by atoms with Crippen LogP contribution in [0, 0.1) is 6.92 Å². The van der Waals surface area contributed by atoms with Gasteiger partial charge in [0, 0.05) is 24.5 Å². The van der Waals surface area contributed by atoms with Crippen LogP contribution in [0.5, 0.6) is 0 Å². The summed E-state index contributed by atoms with van der Waals surface area (Å²) in [6.07, 6.45) is 13.7. The van der Waals surface area contributed by atoms with Crippen LogP contribution in [0.4, 0.5) is 5.69 Å². The van der Waals surface area contributed by atoms with E-state index in [1.54, 1.807) is 17.0 Å². The second-order valence-corrected chi connectivity index (χ2v) is 6.30. The number of hydrogen-bond acceptors (Lipinski definition) is 1. The van der Waals surface area contributed by atoms with Crippen LogP contribution in [-0.2, 0) is 19.4 Å². The molecule has 19 heavy (non-hydrogen) atoms. The maximum absolute atomic E-state index is 3.73. The van der Waals surface area contributed by atoms with Crippen molar-refractivity contribution in [2.24, 2.45) is 0 Å². The van der Waals surface area contributed by atoms with E-state index in [2.05, 4.69) is 16.8 Å². The minimum Gasteiger partial charge on any atom is -0.383 e. The van der Waals surface area contributed by atoms with Crippen LogP contribution in [-0.4, -0.2) is 11.1 Å². The topological polar surface area (TPSA) is 17.0 Å². The summed E-state index contributed by atoms with van der Waals surface area (Å²) in [6, 6.07) is 0. The number of rotatable bonds is 0. The molecule has 2 nitrogen and oxygen atoms in total. The first-order valence-electron chi connectivity index (χ1n) is 8.32. The first kappa shape index (κ1) is 13.1. The highest BCUT2D eigenvalue weighted by atomic mass is 15.0. The Hall–Kier alpha value is -0.920. The van der Waals surface area contributed by atoms with Gasteiger partial charge in [0.1, 0.15) is 0 Å². The molecule has 0 saturated heterocycles. The summed E-state index contributed by atoms with van der Waals surface area (Å²) in [5.41, 5.74) is 6.31. The maximum atomic E-state index is 3.73. The Balaban J connectivity index is 1.98. The minimum absolute atomic E-state index is 1.16. The molecule has 0 aromatic carbocycles. The van der Waals surface area contributed by atoms with Gasteiger partial charge in [-0.15, -0.1) is 0 Å². The molecule has 3 heterocycles. The summed E-state index contributed by atoms with van der Waals surface area (Å²) >= 11 is 0. The fourth-order valence-corrected chi connectivity index (χ4v) is 3.85. The third kappa shape index (κ3) is 2.68. The number of nitrogens with one attached hydrogen (secondary N) is 1. The molecular weight excluding hydrogens is 232 g/mol. The zero-order valence-electron chi connectivity index (χ0n) is 12.4. The summed E-state index contributed by atoms with van der Waals surface area (Å²) in [5.74, 6) is 0. The van der Waals surface area contributed by atoms with E-state index in [1.807, 2.05) is 0 Å². The molecular formula is C17H28N2. The largest absolute Gasteiger partial charge is 0.383 e. The monoisotopic (exact) mass is 260 g/mol. The highest BCUT2D eigenvalue weighted by molar-refractivity contribution is 5.59. The summed E-state index contributed by atoms with van der Waals surface area (Å²) < 4.78 is 2.69. The minimum atomic E-state index is 1.16. The van der Waals surface area contributed by atoms with Crippen LogP contribution >= 0.6 is 0 Å². The van der Waals surface area contributed by atoms with E-state index in [4.69, 9.17) is 0 Å². The number of hydrogen-bond donors (Lipinski definition) is 1. The molecule has 0 bridgehead atoms. The van der Waals surface area contributed by atoms with Crippen molar-refractivity contribution in [1.29, 1.82) is 0 Å². The molecule has 0 fully saturated rings. The molecule has 1 aromatic heterocycles. The van der Waals surface area contributed by atoms with E-state index in [0.29, 0.717) is 0 Å². The lowest BCUT2D eigenvalue weighted by atomic mass is 10.1. The van der Waals surface area contributed by atoms with Gasteiger partial charge in [-0.2, -0.15) is 0 Å². The standard InChI is InChI=1S/C17H28N2/c1-14-15-10-6-3-2-4-9-13-19(15)16-11-7-5-8-12-18-17(14)16/h18H,2-13H2,1H3. The Morgan fingerprint density at radius 1 is 0.789 bits per heavy atom. The zero-order valence-corrected chi connectivity index (χ0v) is 12.4. The van der Waals surface area contributed by atoms with Gasteiger partial charge in [0.2, 0.25) is 0 Å². The molecule has 0 atom stereocenters. The van der Waals surface area contributed by atoms with Gasteiger partial charge in [0.05, 0.1) is 5.69 Å². The van der Waals surface area contributed by atoms with Crippen molar-refractivity contribution in [2.45, 2.75) is 77.7 Å². The third-order valence-electron chi connectivity index (χ3n) is 4.94. The van der Waals surface area contributed by atoms with E-state index in [0.717, 1.165) is 6.54 Å². The quantitative estimate of drug-likeness (QED) is 0.729. The van der Waals surface area contributed by atoms with Gasteiger partial charge in [0.25, 0.3) is 0 Å². The van der Waals surface area contributed by atoms with Gasteiger partial charge in [-0.25, -0.2) is 0 Å². The third-order valence-corrected chi connectivity index (χ3v) is 4.94. The van der Waals surface area contributed by atoms with Gasteiger partial charge in [-0.3, -0.25) is 0 Å². The molecule has 2 aliphatic rings. The average Bonchev–Trinajstić information content (AvgIpc) is 2.67. The number of fused-ring (bicyclic) bond motifs is 3. The Morgan fingerprint density at radius 3 is 2.37 bits per heavy atom. The molecule has 3 rings (SSSR count). The van der Waals surface area contributed by atoms with Gasteiger partial charge < -0.3 is 9.88 Å². The predicted octanol–water partition coefficient (Wildman–Crippen LogP) is 4.44. The molecule has 2 aliphatic heterocycles. The van der Waals surface area contributed by atoms with Gasteiger partial charge in [-0.1, -0.05) is 25.7 Å². The van der Waals surface area contributed by atoms with Crippen LogP contribution in [0.25, 0.3) is 0 Å². The molecule has 2 heteroatoms. The first-order valence-corrected chi connectivity index (χ1v) is 8.32. The molecule has 106 valence electrons. The SMILES string of the molecule is Cc1c2c(n3c1CCCCCCC3)CCCCCN2. The molecule has 1 N–H and O–H groups in total. The lowest BCUT2D eigenvalue weighted by Crippen LogP contribution is -2.11. The Labute approximate surface area is 117 Å². The van der Waals surface area contributed by atoms with Crippen LogP contribution in [0.15, 0.2) is 0 Å². The molecule has 0 aliphatic carbocycles. The molecule has 0 unspecified atom stereocenters. The van der Waals surface area contributed by atoms with Gasteiger partial charge >= 0.3 is 0 Å². The normalized spacial score (nSPS) is 20.9. The number of anilines is 1. The maximum Gasteiger partial charge on any atom is 0.0585 e. The lowest BCUT2D eigenvalue weighted by molar-refractivity contribution is 0.561. The predicted molar refractivity (Wildman–Crippen MR) is 82.0 cm³/mol. The Kier molecular flexibility index (Phi) is 4.15. The van der Waals surface area contributed by atoms with Crippen molar-refractivity contribution in [2.75, 3.05) is 11.9 Å². The van der Waals surface area contributed by atoms with Crippen molar-refractivity contribution >= 4 is 5.69 Å². The van der Waals surface area contributed by atoms with E-state index >= 15 is 0 Å². The van der Waals surface area contributed by atoms with Crippen LogP contribution in [0.1, 0.15) is 68.3 Å². The molecule has 0 radical (unpaired) electrons. The highest BCUT2D eigenvalue weighted by Crippen LogP contribution is 2.33. The summed E-state index contributed by atoms with van der Waals surface area (Å²) in [4.78, 5) is 0. The molecule has 0 spiro atoms. The summed E-state index contributed by atoms with van der Waals surface area (Å²) in [5, 5.41) is 3.73. The van der Waals surface area contributed by atoms with Crippen LogP contribution in [0.3, 0.4) is 0 Å². The number of nitrogens with zero attached hydrogens (tertiary/aromatic N) is 1. The fourth-order valence-electron chi connectivity index (χ4n) is 3.85. The number of aromatic nitrogens is 1.